The van der Waals surface area contributed by atoms with Crippen LogP contribution < -0.4 is 10.6 Å². The molecule has 0 aliphatic carbocycles. The molecule has 0 fully saturated rings. The minimum absolute atomic E-state index is 0.0867. The first-order valence-corrected chi connectivity index (χ1v) is 4.61. The van der Waals surface area contributed by atoms with Crippen molar-refractivity contribution in [3.8, 4) is 6.07 Å². The summed E-state index contributed by atoms with van der Waals surface area (Å²) >= 11 is 0. The van der Waals surface area contributed by atoms with Crippen LogP contribution in [0.4, 0.5) is 0 Å². The molecule has 0 aromatic heterocycles. The molecule has 2 N–H and O–H groups in total. The lowest BCUT2D eigenvalue weighted by atomic mass is 10.2. The highest BCUT2D eigenvalue weighted by Gasteiger charge is 2.04. The van der Waals surface area contributed by atoms with Gasteiger partial charge in [-0.05, 0) is 12.8 Å². The molecule has 0 atom stereocenters. The van der Waals surface area contributed by atoms with E-state index in [1.807, 2.05) is 6.07 Å². The fraction of sp³-hybridized carbons (Fsp3) is 0.778. The first-order valence-electron chi connectivity index (χ1n) is 4.61. The van der Waals surface area contributed by atoms with E-state index in [1.54, 1.807) is 0 Å². The van der Waals surface area contributed by atoms with E-state index in [1.165, 1.54) is 0 Å². The molecule has 0 spiro atoms. The van der Waals surface area contributed by atoms with E-state index < -0.39 is 0 Å². The largest absolute Gasteiger partial charge is 0.342 e. The van der Waals surface area contributed by atoms with Gasteiger partial charge in [-0.25, -0.2) is 0 Å². The zero-order chi connectivity index (χ0) is 10.1. The molecular formula is C9H17N3O. The topological polar surface area (TPSA) is 64.9 Å². The van der Waals surface area contributed by atoms with Gasteiger partial charge in [0.05, 0.1) is 12.6 Å². The van der Waals surface area contributed by atoms with Gasteiger partial charge in [-0.3, -0.25) is 4.79 Å². The molecule has 1 amide bonds. The Labute approximate surface area is 79.3 Å². The van der Waals surface area contributed by atoms with E-state index in [2.05, 4.69) is 24.5 Å². The number of amides is 1. The van der Waals surface area contributed by atoms with Crippen LogP contribution in [0.25, 0.3) is 0 Å². The summed E-state index contributed by atoms with van der Waals surface area (Å²) in [6.07, 6.45) is 2.03. The fourth-order valence-corrected chi connectivity index (χ4v) is 1.01. The van der Waals surface area contributed by atoms with Crippen molar-refractivity contribution < 1.29 is 4.79 Å². The van der Waals surface area contributed by atoms with Gasteiger partial charge in [0.1, 0.15) is 6.54 Å². The van der Waals surface area contributed by atoms with Crippen LogP contribution in [-0.2, 0) is 4.79 Å². The van der Waals surface area contributed by atoms with Crippen LogP contribution in [0, 0.1) is 11.3 Å². The number of nitrogens with zero attached hydrogens (tertiary/aromatic N) is 1. The van der Waals surface area contributed by atoms with Crippen molar-refractivity contribution in [1.29, 1.82) is 5.26 Å². The molecule has 0 saturated carbocycles. The van der Waals surface area contributed by atoms with Crippen LogP contribution in [0.3, 0.4) is 0 Å². The standard InChI is InChI=1S/C9H17N3O/c1-3-8(4-2)12-7-9(13)11-6-5-10/h8,12H,3-4,6-7H2,1-2H3,(H,11,13). The highest BCUT2D eigenvalue weighted by Crippen LogP contribution is 1.94. The Kier molecular flexibility index (Phi) is 6.93. The van der Waals surface area contributed by atoms with Gasteiger partial charge in [0.15, 0.2) is 0 Å². The second kappa shape index (κ2) is 7.56. The van der Waals surface area contributed by atoms with Crippen molar-refractivity contribution >= 4 is 5.91 Å². The molecule has 0 aromatic carbocycles. The maximum Gasteiger partial charge on any atom is 0.234 e. The van der Waals surface area contributed by atoms with Crippen LogP contribution in [0.2, 0.25) is 0 Å². The Balaban J connectivity index is 3.51. The summed E-state index contributed by atoms with van der Waals surface area (Å²) in [7, 11) is 0. The Morgan fingerprint density at radius 1 is 1.46 bits per heavy atom. The first-order chi connectivity index (χ1) is 6.24. The van der Waals surface area contributed by atoms with Crippen molar-refractivity contribution in [2.24, 2.45) is 0 Å². The number of carbonyl (C=O) groups excluding carboxylic acids is 1. The Bertz CT molecular complexity index is 182. The predicted molar refractivity (Wildman–Crippen MR) is 51.0 cm³/mol. The Morgan fingerprint density at radius 2 is 2.08 bits per heavy atom. The molecule has 0 aliphatic heterocycles. The van der Waals surface area contributed by atoms with E-state index in [0.29, 0.717) is 12.6 Å². The van der Waals surface area contributed by atoms with Crippen molar-refractivity contribution in [3.63, 3.8) is 0 Å². The van der Waals surface area contributed by atoms with Gasteiger partial charge in [0.25, 0.3) is 0 Å². The van der Waals surface area contributed by atoms with Crippen molar-refractivity contribution in [1.82, 2.24) is 10.6 Å². The molecule has 0 unspecified atom stereocenters. The molecule has 0 radical (unpaired) electrons. The quantitative estimate of drug-likeness (QED) is 0.586. The number of hydrogen-bond donors (Lipinski definition) is 2. The van der Waals surface area contributed by atoms with Gasteiger partial charge < -0.3 is 10.6 Å². The summed E-state index contributed by atoms with van der Waals surface area (Å²) in [6.45, 7) is 4.54. The molecule has 0 rings (SSSR count). The number of nitrogens with one attached hydrogen (secondary N) is 2. The number of nitriles is 1. The fourth-order valence-electron chi connectivity index (χ4n) is 1.01. The van der Waals surface area contributed by atoms with Gasteiger partial charge in [0, 0.05) is 6.04 Å². The summed E-state index contributed by atoms with van der Waals surface area (Å²) in [4.78, 5) is 11.0. The molecular weight excluding hydrogens is 166 g/mol. The van der Waals surface area contributed by atoms with Gasteiger partial charge in [0.2, 0.25) is 5.91 Å². The summed E-state index contributed by atoms with van der Waals surface area (Å²) in [6, 6.07) is 2.25. The lowest BCUT2D eigenvalue weighted by molar-refractivity contribution is -0.120. The monoisotopic (exact) mass is 183 g/mol. The zero-order valence-electron chi connectivity index (χ0n) is 8.26. The third-order valence-electron chi connectivity index (χ3n) is 1.90. The highest BCUT2D eigenvalue weighted by atomic mass is 16.1. The van der Waals surface area contributed by atoms with Crippen LogP contribution in [0.1, 0.15) is 26.7 Å². The molecule has 74 valence electrons. The highest BCUT2D eigenvalue weighted by molar-refractivity contribution is 5.78. The SMILES string of the molecule is CCC(CC)NCC(=O)NCC#N. The maximum absolute atomic E-state index is 11.0. The average Bonchev–Trinajstić information content (AvgIpc) is 2.16. The van der Waals surface area contributed by atoms with Crippen LogP contribution in [0.15, 0.2) is 0 Å². The number of carbonyl (C=O) groups is 1. The summed E-state index contributed by atoms with van der Waals surface area (Å²) < 4.78 is 0. The molecule has 0 bridgehead atoms. The third kappa shape index (κ3) is 6.12. The molecule has 4 heteroatoms. The molecule has 0 heterocycles. The summed E-state index contributed by atoms with van der Waals surface area (Å²) in [5, 5.41) is 13.8. The summed E-state index contributed by atoms with van der Waals surface area (Å²) in [5.41, 5.74) is 0. The Morgan fingerprint density at radius 3 is 2.54 bits per heavy atom. The molecule has 4 nitrogen and oxygen atoms in total. The second-order valence-electron chi connectivity index (χ2n) is 2.83. The van der Waals surface area contributed by atoms with E-state index >= 15 is 0 Å². The Hall–Kier alpha value is -1.08. The van der Waals surface area contributed by atoms with Crippen molar-refractivity contribution in [2.45, 2.75) is 32.7 Å². The van der Waals surface area contributed by atoms with Gasteiger partial charge in [-0.15, -0.1) is 0 Å². The normalized spacial score (nSPS) is 9.69. The van der Waals surface area contributed by atoms with E-state index in [4.69, 9.17) is 5.26 Å². The molecule has 0 aliphatic rings. The third-order valence-corrected chi connectivity index (χ3v) is 1.90. The second-order valence-corrected chi connectivity index (χ2v) is 2.83. The van der Waals surface area contributed by atoms with Gasteiger partial charge in [-0.2, -0.15) is 5.26 Å². The molecule has 0 saturated heterocycles. The molecule has 13 heavy (non-hydrogen) atoms. The average molecular weight is 183 g/mol. The van der Waals surface area contributed by atoms with Crippen LogP contribution in [-0.4, -0.2) is 25.0 Å². The van der Waals surface area contributed by atoms with Crippen molar-refractivity contribution in [2.75, 3.05) is 13.1 Å². The lowest BCUT2D eigenvalue weighted by Gasteiger charge is -2.13. The van der Waals surface area contributed by atoms with Crippen molar-refractivity contribution in [3.05, 3.63) is 0 Å². The van der Waals surface area contributed by atoms with E-state index in [0.717, 1.165) is 12.8 Å². The minimum atomic E-state index is -0.117. The smallest absolute Gasteiger partial charge is 0.234 e. The number of rotatable bonds is 6. The number of hydrogen-bond acceptors (Lipinski definition) is 3. The van der Waals surface area contributed by atoms with Gasteiger partial charge >= 0.3 is 0 Å². The van der Waals surface area contributed by atoms with Crippen LogP contribution >= 0.6 is 0 Å². The summed E-state index contributed by atoms with van der Waals surface area (Å²) in [5.74, 6) is -0.117. The predicted octanol–water partition coefficient (Wildman–Crippen LogP) is 0.404. The lowest BCUT2D eigenvalue weighted by Crippen LogP contribution is -2.38. The molecule has 0 aromatic rings. The van der Waals surface area contributed by atoms with E-state index in [-0.39, 0.29) is 12.5 Å². The minimum Gasteiger partial charge on any atom is -0.342 e. The van der Waals surface area contributed by atoms with E-state index in [9.17, 15) is 4.79 Å². The van der Waals surface area contributed by atoms with Crippen LogP contribution in [0.5, 0.6) is 0 Å². The zero-order valence-corrected chi connectivity index (χ0v) is 8.26. The first kappa shape index (κ1) is 11.9. The van der Waals surface area contributed by atoms with Gasteiger partial charge in [-0.1, -0.05) is 13.8 Å². The maximum atomic E-state index is 11.0.